The second kappa shape index (κ2) is 10.7. The van der Waals surface area contributed by atoms with Crippen LogP contribution in [0.5, 0.6) is 0 Å². The minimum Gasteiger partial charge on any atom is -0.253 e. The summed E-state index contributed by atoms with van der Waals surface area (Å²) >= 11 is 0. The number of fused-ring (bicyclic) bond motifs is 6. The Labute approximate surface area is 278 Å². The average molecular weight is 626 g/mol. The summed E-state index contributed by atoms with van der Waals surface area (Å²) < 4.78 is 5.51. The maximum atomic E-state index is 2.76. The first-order chi connectivity index (χ1) is 23.1. The monoisotopic (exact) mass is 625 g/mol. The quantitative estimate of drug-likeness (QED) is 0.102. The molecule has 3 aliphatic rings. The molecule has 3 atom stereocenters. The summed E-state index contributed by atoms with van der Waals surface area (Å²) in [5, 5.41) is 6.34. The van der Waals surface area contributed by atoms with Crippen LogP contribution in [0.15, 0.2) is 145 Å². The predicted molar refractivity (Wildman–Crippen MR) is 204 cm³/mol. The highest BCUT2D eigenvalue weighted by atomic mass is 32.3. The third-order valence-corrected chi connectivity index (χ3v) is 15.1. The van der Waals surface area contributed by atoms with Gasteiger partial charge in [0.2, 0.25) is 11.4 Å². The Morgan fingerprint density at radius 1 is 0.574 bits per heavy atom. The lowest BCUT2D eigenvalue weighted by Gasteiger charge is -2.33. The molecule has 1 unspecified atom stereocenters. The zero-order valence-corrected chi connectivity index (χ0v) is 27.8. The summed E-state index contributed by atoms with van der Waals surface area (Å²) in [6.07, 6.45) is 14.0. The molecule has 1 spiro atoms. The molecule has 0 radical (unpaired) electrons. The minimum atomic E-state index is -1.44. The number of nitrogens with zero attached hydrogens (tertiary/aromatic N) is 2. The molecule has 3 aliphatic heterocycles. The van der Waals surface area contributed by atoms with Crippen LogP contribution >= 0.6 is 10.4 Å². The van der Waals surface area contributed by atoms with Gasteiger partial charge in [0.25, 0.3) is 0 Å². The molecular weight excluding hydrogens is 589 g/mol. The summed E-state index contributed by atoms with van der Waals surface area (Å²) in [6, 6.07) is 44.1. The standard InChI is InChI=1S/C44H37N2S/c1-30-37-18-10-12-20-39(37)43(40-21-13-11-19-38(30)40)44-41-28-26-35(24-22-33-14-6-4-7-15-33)45(41)47(31(2)32(47)3)46-36(27-29-42(44)46)25-23-34-16-8-5-9-17-34/h4-29,31-32H,1-3H3/q+1/b24-22+,25-23+/t31-,32+. The van der Waals surface area contributed by atoms with Gasteiger partial charge in [0.05, 0.1) is 37.9 Å². The number of aromatic nitrogens is 1. The number of hydrogen-bond donors (Lipinski definition) is 0. The average Bonchev–Trinajstić information content (AvgIpc) is 3.47. The van der Waals surface area contributed by atoms with Gasteiger partial charge in [-0.25, -0.2) is 0 Å². The van der Waals surface area contributed by atoms with Gasteiger partial charge in [-0.1, -0.05) is 115 Å². The van der Waals surface area contributed by atoms with Gasteiger partial charge < -0.3 is 0 Å². The highest BCUT2D eigenvalue weighted by molar-refractivity contribution is 8.34. The van der Waals surface area contributed by atoms with E-state index >= 15 is 0 Å². The van der Waals surface area contributed by atoms with E-state index < -0.39 is 10.4 Å². The van der Waals surface area contributed by atoms with Crippen molar-refractivity contribution in [1.29, 1.82) is 0 Å². The van der Waals surface area contributed by atoms with Crippen LogP contribution in [0.1, 0.15) is 47.5 Å². The van der Waals surface area contributed by atoms with Crippen molar-refractivity contribution < 1.29 is 3.98 Å². The van der Waals surface area contributed by atoms with E-state index in [-0.39, 0.29) is 0 Å². The molecule has 47 heavy (non-hydrogen) atoms. The van der Waals surface area contributed by atoms with Crippen LogP contribution in [0.3, 0.4) is 0 Å². The van der Waals surface area contributed by atoms with Gasteiger partial charge >= 0.3 is 0 Å². The molecule has 1 aromatic heterocycles. The van der Waals surface area contributed by atoms with Crippen molar-refractivity contribution >= 4 is 61.5 Å². The zero-order valence-electron chi connectivity index (χ0n) is 27.0. The molecule has 0 amide bonds. The van der Waals surface area contributed by atoms with Crippen LogP contribution in [0.4, 0.5) is 0 Å². The third-order valence-electron chi connectivity index (χ3n) is 10.4. The second-order valence-electron chi connectivity index (χ2n) is 12.9. The number of aryl methyl sites for hydroxylation is 1. The molecule has 1 saturated heterocycles. The van der Waals surface area contributed by atoms with E-state index in [9.17, 15) is 0 Å². The predicted octanol–water partition coefficient (Wildman–Crippen LogP) is 11.1. The summed E-state index contributed by atoms with van der Waals surface area (Å²) in [6.45, 7) is 7.20. The van der Waals surface area contributed by atoms with Gasteiger partial charge in [-0.2, -0.15) is 0 Å². The lowest BCUT2D eigenvalue weighted by atomic mass is 9.87. The van der Waals surface area contributed by atoms with Crippen molar-refractivity contribution in [3.05, 3.63) is 179 Å². The highest BCUT2D eigenvalue weighted by Crippen LogP contribution is 2.79. The smallest absolute Gasteiger partial charge is 0.229 e. The van der Waals surface area contributed by atoms with Gasteiger partial charge in [0, 0.05) is 23.8 Å². The van der Waals surface area contributed by atoms with Crippen molar-refractivity contribution in [3.63, 3.8) is 0 Å². The van der Waals surface area contributed by atoms with Crippen LogP contribution in [0.25, 0.3) is 45.3 Å². The zero-order chi connectivity index (χ0) is 31.7. The van der Waals surface area contributed by atoms with Crippen molar-refractivity contribution in [2.45, 2.75) is 31.3 Å². The van der Waals surface area contributed by atoms with E-state index in [1.165, 1.54) is 72.2 Å². The summed E-state index contributed by atoms with van der Waals surface area (Å²) in [4.78, 5) is 0. The number of benzene rings is 5. The SMILES string of the molecule is Cc1c2ccccc2c(C2=C3C=CC(/C=C/c4ccccc4)=[N+]3S3([C@H](C)[C@@H]3C)n3c(/C=C/c4ccccc4)ccc32)c2ccccc12. The molecule has 0 bridgehead atoms. The Hall–Kier alpha value is -5.12. The van der Waals surface area contributed by atoms with E-state index in [1.54, 1.807) is 0 Å². The van der Waals surface area contributed by atoms with E-state index in [1.807, 2.05) is 0 Å². The molecule has 2 nitrogen and oxygen atoms in total. The molecule has 0 N–H and O–H groups in total. The molecule has 4 heterocycles. The largest absolute Gasteiger partial charge is 0.253 e. The molecule has 0 saturated carbocycles. The molecule has 9 rings (SSSR count). The first-order valence-corrected chi connectivity index (χ1v) is 18.3. The Kier molecular flexibility index (Phi) is 6.42. The molecule has 5 aromatic carbocycles. The molecule has 0 aliphatic carbocycles. The van der Waals surface area contributed by atoms with E-state index in [2.05, 4.69) is 187 Å². The lowest BCUT2D eigenvalue weighted by molar-refractivity contribution is -0.282. The maximum absolute atomic E-state index is 2.76. The normalized spacial score (nSPS) is 23.0. The van der Waals surface area contributed by atoms with Gasteiger partial charge in [-0.3, -0.25) is 3.97 Å². The van der Waals surface area contributed by atoms with Crippen LogP contribution in [-0.2, 0) is 0 Å². The fraction of sp³-hybridized carbons (Fsp3) is 0.114. The molecular formula is C44H37N2S+. The Morgan fingerprint density at radius 3 is 1.68 bits per heavy atom. The van der Waals surface area contributed by atoms with Crippen LogP contribution < -0.4 is 0 Å². The Balaban J connectivity index is 1.38. The van der Waals surface area contributed by atoms with Crippen molar-refractivity contribution in [2.24, 2.45) is 0 Å². The topological polar surface area (TPSA) is 7.94 Å². The van der Waals surface area contributed by atoms with E-state index in [0.29, 0.717) is 10.5 Å². The number of hydrogen-bond acceptors (Lipinski definition) is 0. The molecule has 6 aromatic rings. The van der Waals surface area contributed by atoms with Gasteiger partial charge in [0.15, 0.2) is 0 Å². The maximum Gasteiger partial charge on any atom is 0.229 e. The van der Waals surface area contributed by atoms with Crippen LogP contribution in [0.2, 0.25) is 0 Å². The Bertz CT molecular complexity index is 2320. The third kappa shape index (κ3) is 4.09. The van der Waals surface area contributed by atoms with Crippen LogP contribution in [0, 0.1) is 6.92 Å². The Morgan fingerprint density at radius 2 is 1.11 bits per heavy atom. The van der Waals surface area contributed by atoms with Gasteiger partial charge in [-0.05, 0) is 83.3 Å². The van der Waals surface area contributed by atoms with Gasteiger partial charge in [-0.15, -0.1) is 3.98 Å². The number of rotatable bonds is 5. The van der Waals surface area contributed by atoms with E-state index in [4.69, 9.17) is 0 Å². The summed E-state index contributed by atoms with van der Waals surface area (Å²) in [5.74, 6) is 0. The van der Waals surface area contributed by atoms with Crippen molar-refractivity contribution in [2.75, 3.05) is 0 Å². The second-order valence-corrected chi connectivity index (χ2v) is 16.4. The fourth-order valence-electron chi connectivity index (χ4n) is 7.97. The molecule has 3 heteroatoms. The van der Waals surface area contributed by atoms with Gasteiger partial charge in [0.1, 0.15) is 0 Å². The molecule has 1 fully saturated rings. The molecule has 228 valence electrons. The fourth-order valence-corrected chi connectivity index (χ4v) is 12.8. The first kappa shape index (κ1) is 28.1. The van der Waals surface area contributed by atoms with Crippen molar-refractivity contribution in [3.8, 4) is 0 Å². The number of allylic oxidation sites excluding steroid dienone is 3. The summed E-state index contributed by atoms with van der Waals surface area (Å²) in [5.41, 5.74) is 11.6. The van der Waals surface area contributed by atoms with Crippen LogP contribution in [-0.4, -0.2) is 24.2 Å². The first-order valence-electron chi connectivity index (χ1n) is 16.6. The highest BCUT2D eigenvalue weighted by Gasteiger charge is 2.70. The lowest BCUT2D eigenvalue weighted by Crippen LogP contribution is -2.26. The van der Waals surface area contributed by atoms with Crippen molar-refractivity contribution in [1.82, 2.24) is 3.97 Å². The van der Waals surface area contributed by atoms with E-state index in [0.717, 1.165) is 0 Å². The minimum absolute atomic E-state index is 0.542. The summed E-state index contributed by atoms with van der Waals surface area (Å²) in [7, 11) is -1.44.